The molecule has 0 atom stereocenters. The minimum Gasteiger partial charge on any atom is -0.458 e. The molecule has 0 saturated heterocycles. The van der Waals surface area contributed by atoms with Crippen LogP contribution in [0.4, 0.5) is 0 Å². The van der Waals surface area contributed by atoms with E-state index in [-0.39, 0.29) is 26.1 Å². The Kier molecular flexibility index (Phi) is 11.0. The fourth-order valence-electron chi connectivity index (χ4n) is 6.67. The van der Waals surface area contributed by atoms with Crippen molar-refractivity contribution in [3.63, 3.8) is 0 Å². The second kappa shape index (κ2) is 15.3. The number of aromatic nitrogens is 5. The quantitative estimate of drug-likeness (QED) is 0.123. The van der Waals surface area contributed by atoms with Crippen LogP contribution >= 0.6 is 0 Å². The third-order valence-electron chi connectivity index (χ3n) is 9.23. The van der Waals surface area contributed by atoms with Crippen molar-refractivity contribution >= 4 is 50.8 Å². The van der Waals surface area contributed by atoms with E-state index in [1.807, 2.05) is 67.6 Å². The summed E-state index contributed by atoms with van der Waals surface area (Å²) in [6.07, 6.45) is 3.92. The van der Waals surface area contributed by atoms with Gasteiger partial charge in [0.15, 0.2) is 0 Å². The van der Waals surface area contributed by atoms with Gasteiger partial charge in [-0.05, 0) is 32.9 Å². The molecule has 0 bridgehead atoms. The van der Waals surface area contributed by atoms with Crippen molar-refractivity contribution in [1.82, 2.24) is 24.5 Å². The minimum absolute atomic E-state index is 0. The number of imidazole rings is 1. The van der Waals surface area contributed by atoms with Crippen LogP contribution in [0.5, 0.6) is 0 Å². The molecule has 8 rings (SSSR count). The predicted molar refractivity (Wildman–Crippen MR) is 213 cm³/mol. The third-order valence-corrected chi connectivity index (χ3v) is 13.5. The average molecular weight is 923 g/mol. The Balaban J connectivity index is 0.000000200. The van der Waals surface area contributed by atoms with Crippen molar-refractivity contribution in [3.8, 4) is 33.9 Å². The predicted octanol–water partition coefficient (Wildman–Crippen LogP) is 11.0. The minimum atomic E-state index is -1.85. The number of furan rings is 1. The maximum atomic E-state index is 6.19. The molecular weight excluding hydrogens is 879 g/mol. The standard InChI is InChI=1S/C27H21N4O.C17H22GeN.Ir/c1-16(2)31-25-17(3)28-14-13-23(25)29-26(31)19-9-10-20-21-11-12-22(18-7-5-4-6-8-18)30-27(21)32-24(20)15-19;1-13(2)15-11-17(14-9-7-6-8-10-14)19-12-16(15)18(3,4)5;/h4-8,10-16H,1-3H3;6-9,11-13H,1-5H3;/q2*-1;. The molecule has 0 N–H and O–H groups in total. The first-order chi connectivity index (χ1) is 24.5. The number of aryl methyl sites for hydroxylation is 1. The van der Waals surface area contributed by atoms with Gasteiger partial charge in [0.05, 0.1) is 33.8 Å². The van der Waals surface area contributed by atoms with Gasteiger partial charge >= 0.3 is 119 Å². The zero-order valence-electron chi connectivity index (χ0n) is 30.9. The van der Waals surface area contributed by atoms with Crippen molar-refractivity contribution in [2.45, 2.75) is 63.8 Å². The van der Waals surface area contributed by atoms with Crippen LogP contribution in [0.3, 0.4) is 0 Å². The molecule has 8 aromatic rings. The Morgan fingerprint density at radius 2 is 1.54 bits per heavy atom. The summed E-state index contributed by atoms with van der Waals surface area (Å²) in [6.45, 7) is 10.9. The Morgan fingerprint density at radius 3 is 2.23 bits per heavy atom. The molecule has 0 aliphatic heterocycles. The Morgan fingerprint density at radius 1 is 0.769 bits per heavy atom. The number of hydrogen-bond donors (Lipinski definition) is 0. The molecule has 0 amide bonds. The second-order valence-corrected chi connectivity index (χ2v) is 25.2. The molecule has 0 aliphatic rings. The fourth-order valence-corrected chi connectivity index (χ4v) is 10.2. The number of benzene rings is 3. The first-order valence-electron chi connectivity index (χ1n) is 17.6. The summed E-state index contributed by atoms with van der Waals surface area (Å²) in [7, 11) is 0. The molecule has 0 spiro atoms. The van der Waals surface area contributed by atoms with Gasteiger partial charge in [0.2, 0.25) is 5.71 Å². The molecular formula is C44H43GeIrN5O-2. The second-order valence-electron chi connectivity index (χ2n) is 14.6. The van der Waals surface area contributed by atoms with Crippen LogP contribution in [0, 0.1) is 19.1 Å². The zero-order chi connectivity index (χ0) is 35.9. The summed E-state index contributed by atoms with van der Waals surface area (Å²) in [6, 6.07) is 37.4. The SMILES string of the molecule is CC(C)c1cc(-c2[c-]cccc2)nc[c]1[Ge]([CH3])([CH3])[CH3].Cc1nccc2nc(-c3[c-]cc4c(c3)oc3nc(-c5ccccc5)ccc34)n(C(C)C)c12.[Ir]. The van der Waals surface area contributed by atoms with E-state index in [0.717, 1.165) is 67.0 Å². The van der Waals surface area contributed by atoms with Gasteiger partial charge in [-0.15, -0.1) is 17.7 Å². The number of rotatable bonds is 6. The Bertz CT molecular complexity index is 2480. The molecule has 0 fully saturated rings. The van der Waals surface area contributed by atoms with Gasteiger partial charge in [0.1, 0.15) is 0 Å². The van der Waals surface area contributed by atoms with Crippen LogP contribution in [0.1, 0.15) is 50.9 Å². The largest absolute Gasteiger partial charge is 0.458 e. The number of fused-ring (bicyclic) bond motifs is 4. The van der Waals surface area contributed by atoms with E-state index < -0.39 is 13.3 Å². The van der Waals surface area contributed by atoms with Gasteiger partial charge in [0.25, 0.3) is 0 Å². The summed E-state index contributed by atoms with van der Waals surface area (Å²) in [5.41, 5.74) is 10.8. The fraction of sp³-hybridized carbons (Fsp3) is 0.227. The van der Waals surface area contributed by atoms with Gasteiger partial charge in [-0.1, -0.05) is 47.9 Å². The van der Waals surface area contributed by atoms with Gasteiger partial charge in [0, 0.05) is 43.3 Å². The van der Waals surface area contributed by atoms with Crippen LogP contribution in [-0.4, -0.2) is 37.8 Å². The molecule has 1 radical (unpaired) electrons. The maximum absolute atomic E-state index is 6.19. The number of hydrogen-bond acceptors (Lipinski definition) is 5. The molecule has 52 heavy (non-hydrogen) atoms. The van der Waals surface area contributed by atoms with E-state index in [2.05, 4.69) is 108 Å². The van der Waals surface area contributed by atoms with E-state index in [0.29, 0.717) is 11.6 Å². The van der Waals surface area contributed by atoms with E-state index in [1.54, 1.807) is 6.20 Å². The smallest absolute Gasteiger partial charge is 0.216 e. The monoisotopic (exact) mass is 924 g/mol. The first kappa shape index (κ1) is 37.3. The zero-order valence-corrected chi connectivity index (χ0v) is 35.4. The van der Waals surface area contributed by atoms with Crippen molar-refractivity contribution in [2.75, 3.05) is 0 Å². The van der Waals surface area contributed by atoms with E-state index in [4.69, 9.17) is 14.4 Å². The van der Waals surface area contributed by atoms with Gasteiger partial charge in [-0.3, -0.25) is 9.97 Å². The molecule has 0 unspecified atom stereocenters. The van der Waals surface area contributed by atoms with Crippen molar-refractivity contribution < 1.29 is 24.5 Å². The van der Waals surface area contributed by atoms with E-state index in [9.17, 15) is 0 Å². The van der Waals surface area contributed by atoms with Crippen molar-refractivity contribution in [1.29, 1.82) is 0 Å². The molecule has 0 saturated carbocycles. The molecule has 8 heteroatoms. The van der Waals surface area contributed by atoms with Gasteiger partial charge in [-0.2, -0.15) is 0 Å². The van der Waals surface area contributed by atoms with Crippen LogP contribution in [0.25, 0.3) is 67.0 Å². The van der Waals surface area contributed by atoms with Gasteiger partial charge < -0.3 is 8.98 Å². The summed E-state index contributed by atoms with van der Waals surface area (Å²) in [5, 5.41) is 1.99. The molecule has 265 valence electrons. The van der Waals surface area contributed by atoms with Crippen LogP contribution in [-0.2, 0) is 20.1 Å². The summed E-state index contributed by atoms with van der Waals surface area (Å²) in [4.78, 5) is 18.8. The first-order valence-corrected chi connectivity index (χ1v) is 25.0. The number of pyridine rings is 3. The summed E-state index contributed by atoms with van der Waals surface area (Å²) in [5.74, 6) is 8.70. The molecule has 6 nitrogen and oxygen atoms in total. The Hall–Kier alpha value is -4.43. The maximum Gasteiger partial charge on any atom is 0.216 e. The van der Waals surface area contributed by atoms with Crippen molar-refractivity contribution in [3.05, 3.63) is 127 Å². The molecule has 5 aromatic heterocycles. The Labute approximate surface area is 322 Å². The van der Waals surface area contributed by atoms with Crippen LogP contribution < -0.4 is 4.40 Å². The van der Waals surface area contributed by atoms with Crippen LogP contribution in [0.15, 0.2) is 108 Å². The topological polar surface area (TPSA) is 69.6 Å². The average Bonchev–Trinajstić information content (AvgIpc) is 3.71. The summed E-state index contributed by atoms with van der Waals surface area (Å²) >= 11 is -1.85. The van der Waals surface area contributed by atoms with Crippen LogP contribution in [0.2, 0.25) is 17.3 Å². The molecule has 5 heterocycles. The van der Waals surface area contributed by atoms with Gasteiger partial charge in [-0.25, -0.2) is 4.98 Å². The summed E-state index contributed by atoms with van der Waals surface area (Å²) < 4.78 is 9.94. The molecule has 0 aliphatic carbocycles. The van der Waals surface area contributed by atoms with Crippen molar-refractivity contribution in [2.24, 2.45) is 0 Å². The van der Waals surface area contributed by atoms with E-state index >= 15 is 0 Å². The normalized spacial score (nSPS) is 11.7. The van der Waals surface area contributed by atoms with E-state index in [1.165, 1.54) is 9.96 Å². The number of nitrogens with zero attached hydrogens (tertiary/aromatic N) is 5. The third kappa shape index (κ3) is 7.41. The molecule has 3 aromatic carbocycles.